The Labute approximate surface area is 71.5 Å². The van der Waals surface area contributed by atoms with Crippen molar-refractivity contribution >= 4 is 11.9 Å². The van der Waals surface area contributed by atoms with Gasteiger partial charge in [-0.1, -0.05) is 0 Å². The minimum Gasteiger partial charge on any atom is -0.455 e. The molecule has 0 radical (unpaired) electrons. The molecule has 1 saturated carbocycles. The molecule has 0 unspecified atom stereocenters. The molecule has 0 aromatic rings. The molecule has 0 aliphatic heterocycles. The zero-order valence-electron chi connectivity index (χ0n) is 7.37. The lowest BCUT2D eigenvalue weighted by molar-refractivity contribution is -0.152. The van der Waals surface area contributed by atoms with E-state index in [2.05, 4.69) is 0 Å². The third-order valence-electron chi connectivity index (χ3n) is 1.75. The molecule has 1 rings (SSSR count). The summed E-state index contributed by atoms with van der Waals surface area (Å²) in [4.78, 5) is 23.3. The first kappa shape index (κ1) is 9.03. The van der Waals surface area contributed by atoms with Crippen molar-refractivity contribution in [3.63, 3.8) is 0 Å². The van der Waals surface area contributed by atoms with E-state index in [0.717, 1.165) is 12.8 Å². The third-order valence-corrected chi connectivity index (χ3v) is 1.75. The predicted molar refractivity (Wildman–Crippen MR) is 42.4 cm³/mol. The molecule has 1 aliphatic rings. The molecular formula is C8H13NO3. The zero-order chi connectivity index (χ0) is 9.14. The van der Waals surface area contributed by atoms with E-state index in [1.807, 2.05) is 0 Å². The number of hydrogen-bond donors (Lipinski definition) is 0. The summed E-state index contributed by atoms with van der Waals surface area (Å²) >= 11 is 0. The number of esters is 1. The van der Waals surface area contributed by atoms with Crippen molar-refractivity contribution in [2.24, 2.45) is 5.92 Å². The maximum absolute atomic E-state index is 10.9. The molecule has 4 heteroatoms. The van der Waals surface area contributed by atoms with Gasteiger partial charge in [0.05, 0.1) is 5.92 Å². The molecule has 1 aliphatic carbocycles. The summed E-state index contributed by atoms with van der Waals surface area (Å²) in [6, 6.07) is 0. The smallest absolute Gasteiger partial charge is 0.309 e. The maximum atomic E-state index is 10.9. The summed E-state index contributed by atoms with van der Waals surface area (Å²) in [5.41, 5.74) is 0. The average Bonchev–Trinajstić information content (AvgIpc) is 2.81. The molecule has 12 heavy (non-hydrogen) atoms. The summed E-state index contributed by atoms with van der Waals surface area (Å²) in [5, 5.41) is 0. The van der Waals surface area contributed by atoms with E-state index in [-0.39, 0.29) is 24.4 Å². The first-order valence-corrected chi connectivity index (χ1v) is 3.98. The summed E-state index contributed by atoms with van der Waals surface area (Å²) in [7, 11) is 3.26. The number of nitrogens with zero attached hydrogens (tertiary/aromatic N) is 1. The summed E-state index contributed by atoms with van der Waals surface area (Å²) in [5.74, 6) is -0.339. The molecule has 0 heterocycles. The van der Waals surface area contributed by atoms with Crippen LogP contribution in [-0.2, 0) is 14.3 Å². The van der Waals surface area contributed by atoms with Crippen LogP contribution in [0.3, 0.4) is 0 Å². The van der Waals surface area contributed by atoms with Crippen LogP contribution in [0.1, 0.15) is 12.8 Å². The number of hydrogen-bond acceptors (Lipinski definition) is 3. The first-order valence-electron chi connectivity index (χ1n) is 3.98. The van der Waals surface area contributed by atoms with Gasteiger partial charge < -0.3 is 9.64 Å². The topological polar surface area (TPSA) is 46.6 Å². The van der Waals surface area contributed by atoms with E-state index in [1.165, 1.54) is 4.90 Å². The lowest BCUT2D eigenvalue weighted by Crippen LogP contribution is -2.27. The minimum atomic E-state index is -0.231. The number of likely N-dealkylation sites (N-methyl/N-ethyl adjacent to an activating group) is 1. The predicted octanol–water partition coefficient (Wildman–Crippen LogP) is 0.0278. The van der Waals surface area contributed by atoms with Crippen molar-refractivity contribution in [2.75, 3.05) is 20.7 Å². The Balaban J connectivity index is 2.15. The molecular weight excluding hydrogens is 158 g/mol. The molecule has 0 atom stereocenters. The number of carbonyl (C=O) groups is 2. The van der Waals surface area contributed by atoms with E-state index in [1.54, 1.807) is 14.1 Å². The molecule has 0 N–H and O–H groups in total. The number of carbonyl (C=O) groups excluding carboxylic acids is 2. The molecule has 4 nitrogen and oxygen atoms in total. The Bertz CT molecular complexity index is 182. The Hall–Kier alpha value is -1.06. The van der Waals surface area contributed by atoms with E-state index in [4.69, 9.17) is 4.74 Å². The van der Waals surface area contributed by atoms with Gasteiger partial charge in [0.1, 0.15) is 0 Å². The third kappa shape index (κ3) is 2.53. The van der Waals surface area contributed by atoms with Gasteiger partial charge in [-0.05, 0) is 12.8 Å². The highest BCUT2D eigenvalue weighted by Gasteiger charge is 2.31. The summed E-state index contributed by atoms with van der Waals surface area (Å²) in [6.07, 6.45) is 1.82. The van der Waals surface area contributed by atoms with Crippen LogP contribution in [0.2, 0.25) is 0 Å². The van der Waals surface area contributed by atoms with Gasteiger partial charge >= 0.3 is 5.97 Å². The Morgan fingerprint density at radius 3 is 2.42 bits per heavy atom. The van der Waals surface area contributed by atoms with Crippen molar-refractivity contribution < 1.29 is 14.3 Å². The van der Waals surface area contributed by atoms with Crippen LogP contribution in [0.5, 0.6) is 0 Å². The molecule has 0 saturated heterocycles. The van der Waals surface area contributed by atoms with Gasteiger partial charge in [-0.2, -0.15) is 0 Å². The normalized spacial score (nSPS) is 15.5. The lowest BCUT2D eigenvalue weighted by atomic mass is 10.4. The molecule has 1 amide bonds. The second-order valence-electron chi connectivity index (χ2n) is 3.17. The van der Waals surface area contributed by atoms with E-state index >= 15 is 0 Å². The van der Waals surface area contributed by atoms with Crippen LogP contribution < -0.4 is 0 Å². The van der Waals surface area contributed by atoms with Crippen LogP contribution in [0, 0.1) is 5.92 Å². The fourth-order valence-electron chi connectivity index (χ4n) is 0.699. The fourth-order valence-corrected chi connectivity index (χ4v) is 0.699. The average molecular weight is 171 g/mol. The van der Waals surface area contributed by atoms with Crippen LogP contribution in [-0.4, -0.2) is 37.5 Å². The van der Waals surface area contributed by atoms with Crippen molar-refractivity contribution in [2.45, 2.75) is 12.8 Å². The lowest BCUT2D eigenvalue weighted by Gasteiger charge is -2.09. The van der Waals surface area contributed by atoms with Crippen molar-refractivity contribution in [3.05, 3.63) is 0 Å². The molecule has 0 aromatic carbocycles. The van der Waals surface area contributed by atoms with Gasteiger partial charge in [0.2, 0.25) is 0 Å². The van der Waals surface area contributed by atoms with Gasteiger partial charge in [0.25, 0.3) is 5.91 Å². The summed E-state index contributed by atoms with van der Waals surface area (Å²) in [6.45, 7) is -0.123. The summed E-state index contributed by atoms with van der Waals surface area (Å²) < 4.78 is 4.76. The van der Waals surface area contributed by atoms with Gasteiger partial charge in [-0.3, -0.25) is 9.59 Å². The SMILES string of the molecule is CN(C)C(=O)COC(=O)C1CC1. The second-order valence-corrected chi connectivity index (χ2v) is 3.17. The highest BCUT2D eigenvalue weighted by atomic mass is 16.5. The van der Waals surface area contributed by atoms with Gasteiger partial charge in [0, 0.05) is 14.1 Å². The largest absolute Gasteiger partial charge is 0.455 e. The fraction of sp³-hybridized carbons (Fsp3) is 0.750. The van der Waals surface area contributed by atoms with Crippen molar-refractivity contribution in [1.82, 2.24) is 4.90 Å². The van der Waals surface area contributed by atoms with E-state index in [0.29, 0.717) is 0 Å². The van der Waals surface area contributed by atoms with Gasteiger partial charge in [-0.15, -0.1) is 0 Å². The van der Waals surface area contributed by atoms with Crippen molar-refractivity contribution in [3.8, 4) is 0 Å². The Morgan fingerprint density at radius 1 is 1.42 bits per heavy atom. The molecule has 0 aromatic heterocycles. The van der Waals surface area contributed by atoms with Gasteiger partial charge in [0.15, 0.2) is 6.61 Å². The maximum Gasteiger partial charge on any atom is 0.309 e. The highest BCUT2D eigenvalue weighted by Crippen LogP contribution is 2.29. The zero-order valence-corrected chi connectivity index (χ0v) is 7.37. The number of ether oxygens (including phenoxy) is 1. The van der Waals surface area contributed by atoms with Crippen LogP contribution >= 0.6 is 0 Å². The van der Waals surface area contributed by atoms with E-state index < -0.39 is 0 Å². The Kier molecular flexibility index (Phi) is 2.68. The second kappa shape index (κ2) is 3.56. The molecule has 1 fully saturated rings. The molecule has 0 bridgehead atoms. The quantitative estimate of drug-likeness (QED) is 0.563. The Morgan fingerprint density at radius 2 is 2.00 bits per heavy atom. The van der Waals surface area contributed by atoms with Crippen LogP contribution in [0.25, 0.3) is 0 Å². The molecule has 68 valence electrons. The van der Waals surface area contributed by atoms with Crippen molar-refractivity contribution in [1.29, 1.82) is 0 Å². The van der Waals surface area contributed by atoms with E-state index in [9.17, 15) is 9.59 Å². The molecule has 0 spiro atoms. The monoisotopic (exact) mass is 171 g/mol. The standard InChI is InChI=1S/C8H13NO3/c1-9(2)7(10)5-12-8(11)6-3-4-6/h6H,3-5H2,1-2H3. The minimum absolute atomic E-state index is 0.0694. The number of amides is 1. The number of rotatable bonds is 3. The first-order chi connectivity index (χ1) is 5.61. The van der Waals surface area contributed by atoms with Crippen LogP contribution in [0.15, 0.2) is 0 Å². The highest BCUT2D eigenvalue weighted by molar-refractivity contribution is 5.81. The van der Waals surface area contributed by atoms with Crippen LogP contribution in [0.4, 0.5) is 0 Å². The van der Waals surface area contributed by atoms with Gasteiger partial charge in [-0.25, -0.2) is 0 Å².